The Labute approximate surface area is 118 Å². The number of likely N-dealkylation sites (N-methyl/N-ethyl adjacent to an activating group) is 2. The zero-order valence-electron chi connectivity index (χ0n) is 11.1. The number of nitrogens with zero attached hydrogens (tertiary/aromatic N) is 1. The summed E-state index contributed by atoms with van der Waals surface area (Å²) in [7, 11) is 3.54. The first kappa shape index (κ1) is 15.3. The SMILES string of the molecule is CNC(C)(C)C(=O)N(C)Cc1ccc(Cl)c(Cl)c1. The summed E-state index contributed by atoms with van der Waals surface area (Å²) in [5.74, 6) is 0.0241. The second-order valence-electron chi connectivity index (χ2n) is 4.78. The molecule has 0 aliphatic heterocycles. The van der Waals surface area contributed by atoms with Crippen LogP contribution in [0.1, 0.15) is 19.4 Å². The highest BCUT2D eigenvalue weighted by molar-refractivity contribution is 6.42. The van der Waals surface area contributed by atoms with Crippen LogP contribution in [0.25, 0.3) is 0 Å². The lowest BCUT2D eigenvalue weighted by Crippen LogP contribution is -2.51. The predicted molar refractivity (Wildman–Crippen MR) is 76.1 cm³/mol. The normalized spacial score (nSPS) is 11.4. The largest absolute Gasteiger partial charge is 0.340 e. The van der Waals surface area contributed by atoms with E-state index < -0.39 is 5.54 Å². The summed E-state index contributed by atoms with van der Waals surface area (Å²) in [6.45, 7) is 4.20. The van der Waals surface area contributed by atoms with Gasteiger partial charge in [-0.25, -0.2) is 0 Å². The number of carbonyl (C=O) groups excluding carboxylic acids is 1. The van der Waals surface area contributed by atoms with Gasteiger partial charge in [0.15, 0.2) is 0 Å². The third kappa shape index (κ3) is 3.61. The van der Waals surface area contributed by atoms with Crippen molar-refractivity contribution in [1.82, 2.24) is 10.2 Å². The fourth-order valence-electron chi connectivity index (χ4n) is 1.57. The molecule has 3 nitrogen and oxygen atoms in total. The first-order valence-corrected chi connectivity index (χ1v) is 6.42. The van der Waals surface area contributed by atoms with E-state index in [1.807, 2.05) is 19.9 Å². The van der Waals surface area contributed by atoms with Crippen molar-refractivity contribution in [3.63, 3.8) is 0 Å². The molecule has 0 aliphatic rings. The quantitative estimate of drug-likeness (QED) is 0.924. The van der Waals surface area contributed by atoms with Crippen molar-refractivity contribution >= 4 is 29.1 Å². The lowest BCUT2D eigenvalue weighted by atomic mass is 10.0. The standard InChI is InChI=1S/C13H18Cl2N2O/c1-13(2,16-3)12(18)17(4)8-9-5-6-10(14)11(15)7-9/h5-7,16H,8H2,1-4H3. The van der Waals surface area contributed by atoms with Gasteiger partial charge in [0.05, 0.1) is 15.6 Å². The van der Waals surface area contributed by atoms with Crippen LogP contribution in [-0.2, 0) is 11.3 Å². The van der Waals surface area contributed by atoms with E-state index in [2.05, 4.69) is 5.32 Å². The minimum Gasteiger partial charge on any atom is -0.340 e. The Balaban J connectivity index is 2.78. The molecule has 0 aromatic heterocycles. The second-order valence-corrected chi connectivity index (χ2v) is 5.60. The summed E-state index contributed by atoms with van der Waals surface area (Å²) in [4.78, 5) is 13.8. The van der Waals surface area contributed by atoms with Crippen LogP contribution in [0.4, 0.5) is 0 Å². The molecule has 0 saturated carbocycles. The summed E-state index contributed by atoms with van der Waals surface area (Å²) in [6, 6.07) is 5.38. The van der Waals surface area contributed by atoms with Gasteiger partial charge in [-0.2, -0.15) is 0 Å². The topological polar surface area (TPSA) is 32.3 Å². The van der Waals surface area contributed by atoms with E-state index in [0.29, 0.717) is 16.6 Å². The van der Waals surface area contributed by atoms with E-state index in [0.717, 1.165) is 5.56 Å². The fraction of sp³-hybridized carbons (Fsp3) is 0.462. The van der Waals surface area contributed by atoms with Gasteiger partial charge in [-0.05, 0) is 38.6 Å². The van der Waals surface area contributed by atoms with Crippen LogP contribution in [0.3, 0.4) is 0 Å². The molecular weight excluding hydrogens is 271 g/mol. The van der Waals surface area contributed by atoms with Crippen molar-refractivity contribution in [3.8, 4) is 0 Å². The molecule has 0 unspecified atom stereocenters. The molecule has 1 aromatic carbocycles. The Kier molecular flexibility index (Phi) is 5.02. The number of halogens is 2. The molecular formula is C13H18Cl2N2O. The van der Waals surface area contributed by atoms with Crippen LogP contribution in [0.5, 0.6) is 0 Å². The Morgan fingerprint density at radius 2 is 1.94 bits per heavy atom. The molecule has 1 aromatic rings. The van der Waals surface area contributed by atoms with E-state index in [1.54, 1.807) is 31.1 Å². The molecule has 5 heteroatoms. The summed E-state index contributed by atoms with van der Waals surface area (Å²) in [5, 5.41) is 4.01. The molecule has 1 amide bonds. The third-order valence-corrected chi connectivity index (χ3v) is 3.65. The number of benzene rings is 1. The summed E-state index contributed by atoms with van der Waals surface area (Å²) >= 11 is 11.8. The van der Waals surface area contributed by atoms with Gasteiger partial charge in [0.1, 0.15) is 0 Å². The Hall–Kier alpha value is -0.770. The maximum atomic E-state index is 12.2. The van der Waals surface area contributed by atoms with Gasteiger partial charge in [0, 0.05) is 13.6 Å². The molecule has 1 rings (SSSR count). The van der Waals surface area contributed by atoms with Gasteiger partial charge in [-0.1, -0.05) is 29.3 Å². The first-order valence-electron chi connectivity index (χ1n) is 5.66. The van der Waals surface area contributed by atoms with E-state index in [1.165, 1.54) is 0 Å². The van der Waals surface area contributed by atoms with E-state index in [-0.39, 0.29) is 5.91 Å². The smallest absolute Gasteiger partial charge is 0.242 e. The van der Waals surface area contributed by atoms with Gasteiger partial charge in [-0.3, -0.25) is 4.79 Å². The fourth-order valence-corrected chi connectivity index (χ4v) is 1.89. The molecule has 0 atom stereocenters. The number of amides is 1. The monoisotopic (exact) mass is 288 g/mol. The Morgan fingerprint density at radius 3 is 2.44 bits per heavy atom. The third-order valence-electron chi connectivity index (χ3n) is 2.91. The van der Waals surface area contributed by atoms with Gasteiger partial charge in [0.25, 0.3) is 0 Å². The van der Waals surface area contributed by atoms with Crippen LogP contribution in [0, 0.1) is 0 Å². The zero-order valence-corrected chi connectivity index (χ0v) is 12.6. The average Bonchev–Trinajstić information content (AvgIpc) is 2.32. The molecule has 0 bridgehead atoms. The molecule has 0 radical (unpaired) electrons. The molecule has 100 valence electrons. The van der Waals surface area contributed by atoms with Crippen LogP contribution in [0.2, 0.25) is 10.0 Å². The van der Waals surface area contributed by atoms with E-state index in [9.17, 15) is 4.79 Å². The zero-order chi connectivity index (χ0) is 13.9. The number of hydrogen-bond donors (Lipinski definition) is 1. The molecule has 0 saturated heterocycles. The number of carbonyl (C=O) groups is 1. The molecule has 0 fully saturated rings. The molecule has 1 N–H and O–H groups in total. The van der Waals surface area contributed by atoms with Crippen LogP contribution >= 0.6 is 23.2 Å². The number of nitrogens with one attached hydrogen (secondary N) is 1. The van der Waals surface area contributed by atoms with Crippen LogP contribution < -0.4 is 5.32 Å². The predicted octanol–water partition coefficient (Wildman–Crippen LogP) is 2.95. The van der Waals surface area contributed by atoms with E-state index >= 15 is 0 Å². The Bertz CT molecular complexity index is 447. The molecule has 18 heavy (non-hydrogen) atoms. The second kappa shape index (κ2) is 5.91. The van der Waals surface area contributed by atoms with Crippen molar-refractivity contribution < 1.29 is 4.79 Å². The highest BCUT2D eigenvalue weighted by Crippen LogP contribution is 2.23. The van der Waals surface area contributed by atoms with Crippen molar-refractivity contribution in [2.75, 3.05) is 14.1 Å². The number of rotatable bonds is 4. The van der Waals surface area contributed by atoms with Crippen molar-refractivity contribution in [1.29, 1.82) is 0 Å². The van der Waals surface area contributed by atoms with Gasteiger partial charge >= 0.3 is 0 Å². The highest BCUT2D eigenvalue weighted by atomic mass is 35.5. The lowest BCUT2D eigenvalue weighted by Gasteiger charge is -2.29. The van der Waals surface area contributed by atoms with Crippen molar-refractivity contribution in [2.45, 2.75) is 25.9 Å². The minimum atomic E-state index is -0.578. The summed E-state index contributed by atoms with van der Waals surface area (Å²) in [5.41, 5.74) is 0.373. The van der Waals surface area contributed by atoms with Crippen LogP contribution in [0.15, 0.2) is 18.2 Å². The van der Waals surface area contributed by atoms with Gasteiger partial charge < -0.3 is 10.2 Å². The Morgan fingerprint density at radius 1 is 1.33 bits per heavy atom. The first-order chi connectivity index (χ1) is 8.27. The highest BCUT2D eigenvalue weighted by Gasteiger charge is 2.28. The van der Waals surface area contributed by atoms with Crippen molar-refractivity contribution in [2.24, 2.45) is 0 Å². The molecule has 0 aliphatic carbocycles. The molecule has 0 heterocycles. The summed E-state index contributed by atoms with van der Waals surface area (Å²) in [6.07, 6.45) is 0. The van der Waals surface area contributed by atoms with Gasteiger partial charge in [0.2, 0.25) is 5.91 Å². The van der Waals surface area contributed by atoms with Gasteiger partial charge in [-0.15, -0.1) is 0 Å². The maximum absolute atomic E-state index is 12.2. The maximum Gasteiger partial charge on any atom is 0.242 e. The average molecular weight is 289 g/mol. The molecule has 0 spiro atoms. The number of hydrogen-bond acceptors (Lipinski definition) is 2. The minimum absolute atomic E-state index is 0.0241. The van der Waals surface area contributed by atoms with Crippen molar-refractivity contribution in [3.05, 3.63) is 33.8 Å². The summed E-state index contributed by atoms with van der Waals surface area (Å²) < 4.78 is 0. The lowest BCUT2D eigenvalue weighted by molar-refractivity contribution is -0.136. The van der Waals surface area contributed by atoms with E-state index in [4.69, 9.17) is 23.2 Å². The van der Waals surface area contributed by atoms with Crippen LogP contribution in [-0.4, -0.2) is 30.4 Å².